The van der Waals surface area contributed by atoms with E-state index >= 15 is 0 Å². The lowest BCUT2D eigenvalue weighted by Crippen LogP contribution is -2.28. The molecule has 3 aromatic carbocycles. The molecule has 5 rings (SSSR count). The molecular weight excluding hydrogens is 512 g/mol. The maximum absolute atomic E-state index is 14.1. The topological polar surface area (TPSA) is 199 Å². The van der Waals surface area contributed by atoms with Gasteiger partial charge in [-0.1, -0.05) is 36.4 Å². The van der Waals surface area contributed by atoms with Gasteiger partial charge >= 0.3 is 0 Å². The highest BCUT2D eigenvalue weighted by Gasteiger charge is 2.21. The van der Waals surface area contributed by atoms with Crippen LogP contribution in [0.3, 0.4) is 0 Å². The molecule has 13 nitrogen and oxygen atoms in total. The number of nitrogens with zero attached hydrogens (tertiary/aromatic N) is 5. The Morgan fingerprint density at radius 2 is 1.62 bits per heavy atom. The second-order valence-corrected chi connectivity index (χ2v) is 8.88. The molecule has 2 aromatic heterocycles. The molecule has 0 unspecified atom stereocenters. The van der Waals surface area contributed by atoms with E-state index in [9.17, 15) is 9.59 Å². The van der Waals surface area contributed by atoms with Gasteiger partial charge in [0.1, 0.15) is 5.82 Å². The summed E-state index contributed by atoms with van der Waals surface area (Å²) < 4.78 is 1.54. The van der Waals surface area contributed by atoms with E-state index < -0.39 is 11.9 Å². The predicted octanol–water partition coefficient (Wildman–Crippen LogP) is 2.64. The first-order valence-electron chi connectivity index (χ1n) is 12.3. The zero-order valence-corrected chi connectivity index (χ0v) is 21.4. The van der Waals surface area contributed by atoms with Crippen molar-refractivity contribution >= 4 is 40.3 Å². The van der Waals surface area contributed by atoms with Crippen LogP contribution in [0.25, 0.3) is 16.6 Å². The molecule has 0 fully saturated rings. The van der Waals surface area contributed by atoms with Gasteiger partial charge < -0.3 is 22.1 Å². The number of benzene rings is 3. The van der Waals surface area contributed by atoms with E-state index in [1.165, 1.54) is 0 Å². The standard InChI is InChI=1S/C27H26N10O3/c1-15(31-27-34-25(28)33-26(29)35-27)22-32-20-9-5-8-19(21(20)24(39)37(22)18-6-3-2-4-7-18)30-14-16-10-12-17(13-11-16)23(38)36-40/h2-13,15,30,40H,14H2,1H3,(H,36,38)(H5,28,29,31,33,34,35)/t15-/m0/s1. The highest BCUT2D eigenvalue weighted by Crippen LogP contribution is 2.25. The Bertz CT molecular complexity index is 1720. The van der Waals surface area contributed by atoms with Gasteiger partial charge in [0.25, 0.3) is 11.5 Å². The van der Waals surface area contributed by atoms with Crippen LogP contribution in [-0.4, -0.2) is 35.6 Å². The molecule has 0 spiro atoms. The minimum Gasteiger partial charge on any atom is -0.380 e. The van der Waals surface area contributed by atoms with Crippen LogP contribution in [0, 0.1) is 0 Å². The maximum atomic E-state index is 14.1. The second kappa shape index (κ2) is 11.0. The number of anilines is 4. The molecule has 202 valence electrons. The van der Waals surface area contributed by atoms with Gasteiger partial charge in [0.05, 0.1) is 22.6 Å². The maximum Gasteiger partial charge on any atom is 0.274 e. The molecule has 1 amide bonds. The van der Waals surface area contributed by atoms with Crippen LogP contribution in [0.1, 0.15) is 34.7 Å². The second-order valence-electron chi connectivity index (χ2n) is 8.88. The largest absolute Gasteiger partial charge is 0.380 e. The lowest BCUT2D eigenvalue weighted by atomic mass is 10.1. The molecule has 0 saturated heterocycles. The first kappa shape index (κ1) is 26.1. The van der Waals surface area contributed by atoms with E-state index in [4.69, 9.17) is 21.7 Å². The van der Waals surface area contributed by atoms with Gasteiger partial charge in [-0.3, -0.25) is 19.4 Å². The minimum atomic E-state index is -0.594. The van der Waals surface area contributed by atoms with Gasteiger partial charge in [-0.05, 0) is 48.9 Å². The molecule has 0 aliphatic heterocycles. The molecular formula is C27H26N10O3. The van der Waals surface area contributed by atoms with E-state index in [0.29, 0.717) is 40.2 Å². The minimum absolute atomic E-state index is 0.0314. The number of aromatic nitrogens is 5. The fraction of sp³-hybridized carbons (Fsp3) is 0.111. The van der Waals surface area contributed by atoms with Crippen molar-refractivity contribution in [3.63, 3.8) is 0 Å². The third-order valence-corrected chi connectivity index (χ3v) is 6.14. The summed E-state index contributed by atoms with van der Waals surface area (Å²) in [4.78, 5) is 42.5. The van der Waals surface area contributed by atoms with Crippen molar-refractivity contribution in [1.29, 1.82) is 0 Å². The number of hydrogen-bond acceptors (Lipinski definition) is 11. The molecule has 0 radical (unpaired) electrons. The van der Waals surface area contributed by atoms with Crippen molar-refractivity contribution in [1.82, 2.24) is 30.0 Å². The fourth-order valence-electron chi connectivity index (χ4n) is 4.28. The SMILES string of the molecule is C[C@H](Nc1nc(N)nc(N)n1)c1nc2cccc(NCc3ccc(C(=O)NO)cc3)c2c(=O)n1-c1ccccc1. The molecule has 0 aliphatic rings. The Hall–Kier alpha value is -5.56. The molecule has 40 heavy (non-hydrogen) atoms. The van der Waals surface area contributed by atoms with Gasteiger partial charge in [-0.15, -0.1) is 0 Å². The number of nitrogens with one attached hydrogen (secondary N) is 3. The first-order chi connectivity index (χ1) is 19.3. The summed E-state index contributed by atoms with van der Waals surface area (Å²) in [6, 6.07) is 20.8. The van der Waals surface area contributed by atoms with E-state index in [2.05, 4.69) is 25.6 Å². The van der Waals surface area contributed by atoms with Crippen LogP contribution in [0.5, 0.6) is 0 Å². The fourth-order valence-corrected chi connectivity index (χ4v) is 4.28. The van der Waals surface area contributed by atoms with Crippen LogP contribution < -0.4 is 33.1 Å². The Kier molecular flexibility index (Phi) is 7.20. The average molecular weight is 539 g/mol. The molecule has 2 heterocycles. The number of carbonyl (C=O) groups is 1. The van der Waals surface area contributed by atoms with Gasteiger partial charge in [0.15, 0.2) is 0 Å². The van der Waals surface area contributed by atoms with Gasteiger partial charge in [-0.2, -0.15) is 15.0 Å². The van der Waals surface area contributed by atoms with E-state index in [1.54, 1.807) is 40.4 Å². The highest BCUT2D eigenvalue weighted by molar-refractivity contribution is 5.93. The van der Waals surface area contributed by atoms with Crippen molar-refractivity contribution in [2.24, 2.45) is 0 Å². The Morgan fingerprint density at radius 3 is 2.30 bits per heavy atom. The molecule has 0 bridgehead atoms. The zero-order chi connectivity index (χ0) is 28.2. The number of carbonyl (C=O) groups excluding carboxylic acids is 1. The van der Waals surface area contributed by atoms with E-state index in [1.807, 2.05) is 49.4 Å². The Balaban J connectivity index is 1.55. The quantitative estimate of drug-likeness (QED) is 0.125. The summed E-state index contributed by atoms with van der Waals surface area (Å²) in [5.41, 5.74) is 15.7. The van der Waals surface area contributed by atoms with Crippen molar-refractivity contribution in [3.8, 4) is 5.69 Å². The number of nitrogen functional groups attached to an aromatic ring is 2. The zero-order valence-electron chi connectivity index (χ0n) is 21.4. The molecule has 0 saturated carbocycles. The van der Waals surface area contributed by atoms with Gasteiger partial charge in [0.2, 0.25) is 17.8 Å². The lowest BCUT2D eigenvalue weighted by Gasteiger charge is -2.20. The monoisotopic (exact) mass is 538 g/mol. The summed E-state index contributed by atoms with van der Waals surface area (Å²) in [6.07, 6.45) is 0. The summed E-state index contributed by atoms with van der Waals surface area (Å²) in [5.74, 6) is -0.0733. The third kappa shape index (κ3) is 5.35. The Labute approximate surface area is 227 Å². The number of amides is 1. The first-order valence-corrected chi connectivity index (χ1v) is 12.3. The van der Waals surface area contributed by atoms with E-state index in [0.717, 1.165) is 5.56 Å². The van der Waals surface area contributed by atoms with Crippen LogP contribution in [0.15, 0.2) is 77.6 Å². The number of rotatable bonds is 8. The Morgan fingerprint density at radius 1 is 0.925 bits per heavy atom. The summed E-state index contributed by atoms with van der Waals surface area (Å²) in [5, 5.41) is 15.7. The molecule has 0 aliphatic carbocycles. The van der Waals surface area contributed by atoms with Crippen LogP contribution in [0.2, 0.25) is 0 Å². The van der Waals surface area contributed by atoms with E-state index in [-0.39, 0.29) is 23.4 Å². The van der Waals surface area contributed by atoms with Crippen molar-refractivity contribution in [2.45, 2.75) is 19.5 Å². The predicted molar refractivity (Wildman–Crippen MR) is 151 cm³/mol. The van der Waals surface area contributed by atoms with Crippen LogP contribution in [0.4, 0.5) is 23.5 Å². The normalized spacial score (nSPS) is 11.7. The van der Waals surface area contributed by atoms with Crippen LogP contribution >= 0.6 is 0 Å². The van der Waals surface area contributed by atoms with Gasteiger partial charge in [-0.25, -0.2) is 10.5 Å². The van der Waals surface area contributed by atoms with Crippen molar-refractivity contribution in [3.05, 3.63) is 100 Å². The van der Waals surface area contributed by atoms with Gasteiger partial charge in [0, 0.05) is 17.8 Å². The number of fused-ring (bicyclic) bond motifs is 1. The number of nitrogens with two attached hydrogens (primary N) is 2. The summed E-state index contributed by atoms with van der Waals surface area (Å²) in [6.45, 7) is 2.21. The average Bonchev–Trinajstić information content (AvgIpc) is 2.95. The summed E-state index contributed by atoms with van der Waals surface area (Å²) in [7, 11) is 0. The number of hydroxylamine groups is 1. The third-order valence-electron chi connectivity index (χ3n) is 6.14. The van der Waals surface area contributed by atoms with Crippen LogP contribution in [-0.2, 0) is 6.54 Å². The smallest absolute Gasteiger partial charge is 0.274 e. The van der Waals surface area contributed by atoms with Crippen molar-refractivity contribution < 1.29 is 10.0 Å². The molecule has 5 aromatic rings. The molecule has 8 N–H and O–H groups in total. The number of hydrogen-bond donors (Lipinski definition) is 6. The molecule has 13 heteroatoms. The lowest BCUT2D eigenvalue weighted by molar-refractivity contribution is 0.0706. The molecule has 1 atom stereocenters. The number of para-hydroxylation sites is 1. The highest BCUT2D eigenvalue weighted by atomic mass is 16.5. The summed E-state index contributed by atoms with van der Waals surface area (Å²) >= 11 is 0. The van der Waals surface area contributed by atoms with Crippen molar-refractivity contribution in [2.75, 3.05) is 22.1 Å².